The predicted octanol–water partition coefficient (Wildman–Crippen LogP) is -1.16. The molecule has 0 heterocycles. The predicted molar refractivity (Wildman–Crippen MR) is 115 cm³/mol. The van der Waals surface area contributed by atoms with Gasteiger partial charge in [-0.1, -0.05) is 12.8 Å². The minimum Gasteiger partial charge on any atom is -0.355 e. The number of amides is 2. The lowest BCUT2D eigenvalue weighted by atomic mass is 10.1. The van der Waals surface area contributed by atoms with Crippen LogP contribution in [-0.4, -0.2) is 75.1 Å². The molecule has 0 aliphatic heterocycles. The summed E-state index contributed by atoms with van der Waals surface area (Å²) in [5.74, 6) is -0.185. The van der Waals surface area contributed by atoms with Crippen LogP contribution in [-0.2, 0) is 9.59 Å². The summed E-state index contributed by atoms with van der Waals surface area (Å²) in [6.45, 7) is 4.23. The normalized spacial score (nSPS) is 13.4. The summed E-state index contributed by atoms with van der Waals surface area (Å²) in [4.78, 5) is 25.9. The summed E-state index contributed by atoms with van der Waals surface area (Å²) in [5.41, 5.74) is 22.6. The zero-order chi connectivity index (χ0) is 21.2. The molecule has 0 bridgehead atoms. The van der Waals surface area contributed by atoms with Crippen molar-refractivity contribution < 1.29 is 9.59 Å². The average molecular weight is 402 g/mol. The van der Waals surface area contributed by atoms with Crippen LogP contribution in [0.25, 0.3) is 0 Å². The minimum absolute atomic E-state index is 0.0924. The van der Waals surface area contributed by atoms with E-state index in [-0.39, 0.29) is 11.8 Å². The molecule has 0 fully saturated rings. The quantitative estimate of drug-likeness (QED) is 0.158. The molecule has 10 N–H and O–H groups in total. The van der Waals surface area contributed by atoms with E-state index in [2.05, 4.69) is 15.5 Å². The number of nitrogens with two attached hydrogens (primary N) is 4. The van der Waals surface area contributed by atoms with Gasteiger partial charge in [0.1, 0.15) is 0 Å². The van der Waals surface area contributed by atoms with E-state index in [1.54, 1.807) is 0 Å². The SMILES string of the molecule is CN(CCCNC(=O)[C@@H](N)CCCCN)CCCNC(=O)[C@@H](N)CCCCN. The highest BCUT2D eigenvalue weighted by molar-refractivity contribution is 5.81. The lowest BCUT2D eigenvalue weighted by Crippen LogP contribution is -2.42. The minimum atomic E-state index is -0.449. The summed E-state index contributed by atoms with van der Waals surface area (Å²) in [6, 6.07) is -0.899. The van der Waals surface area contributed by atoms with Crippen molar-refractivity contribution in [2.45, 2.75) is 63.5 Å². The highest BCUT2D eigenvalue weighted by Gasteiger charge is 2.13. The Bertz CT molecular complexity index is 374. The second kappa shape index (κ2) is 17.8. The third kappa shape index (κ3) is 14.8. The Labute approximate surface area is 170 Å². The Morgan fingerprint density at radius 2 is 1.14 bits per heavy atom. The van der Waals surface area contributed by atoms with Gasteiger partial charge < -0.3 is 38.5 Å². The molecule has 2 atom stereocenters. The molecule has 2 amide bonds. The van der Waals surface area contributed by atoms with Gasteiger partial charge in [0.25, 0.3) is 0 Å². The molecule has 0 aromatic carbocycles. The first-order valence-corrected chi connectivity index (χ1v) is 10.6. The number of hydrogen-bond donors (Lipinski definition) is 6. The maximum absolute atomic E-state index is 11.9. The summed E-state index contributed by atoms with van der Waals surface area (Å²) in [7, 11) is 2.03. The number of hydrogen-bond acceptors (Lipinski definition) is 7. The lowest BCUT2D eigenvalue weighted by molar-refractivity contribution is -0.123. The fraction of sp³-hybridized carbons (Fsp3) is 0.895. The van der Waals surface area contributed by atoms with Gasteiger partial charge in [0.05, 0.1) is 12.1 Å². The fourth-order valence-electron chi connectivity index (χ4n) is 2.77. The molecule has 166 valence electrons. The highest BCUT2D eigenvalue weighted by atomic mass is 16.2. The van der Waals surface area contributed by atoms with E-state index in [4.69, 9.17) is 22.9 Å². The van der Waals surface area contributed by atoms with Crippen LogP contribution in [0, 0.1) is 0 Å². The van der Waals surface area contributed by atoms with E-state index in [0.29, 0.717) is 39.0 Å². The van der Waals surface area contributed by atoms with Crippen molar-refractivity contribution >= 4 is 11.8 Å². The van der Waals surface area contributed by atoms with Gasteiger partial charge in [-0.3, -0.25) is 9.59 Å². The molecule has 9 nitrogen and oxygen atoms in total. The lowest BCUT2D eigenvalue weighted by Gasteiger charge is -2.18. The van der Waals surface area contributed by atoms with E-state index in [0.717, 1.165) is 51.6 Å². The molecule has 28 heavy (non-hydrogen) atoms. The second-order valence-corrected chi connectivity index (χ2v) is 7.37. The first kappa shape index (κ1) is 26.7. The molecule has 0 aliphatic carbocycles. The van der Waals surface area contributed by atoms with Gasteiger partial charge in [0, 0.05) is 13.1 Å². The number of nitrogens with one attached hydrogen (secondary N) is 2. The molecular formula is C19H43N7O2. The molecular weight excluding hydrogens is 358 g/mol. The Kier molecular flexibility index (Phi) is 17.0. The maximum Gasteiger partial charge on any atom is 0.236 e. The van der Waals surface area contributed by atoms with Crippen molar-refractivity contribution in [1.29, 1.82) is 0 Å². The molecule has 0 saturated carbocycles. The zero-order valence-corrected chi connectivity index (χ0v) is 17.6. The Balaban J connectivity index is 3.65. The zero-order valence-electron chi connectivity index (χ0n) is 17.6. The molecule has 0 rings (SSSR count). The van der Waals surface area contributed by atoms with Crippen LogP contribution in [0.5, 0.6) is 0 Å². The van der Waals surface area contributed by atoms with Crippen molar-refractivity contribution in [1.82, 2.24) is 15.5 Å². The van der Waals surface area contributed by atoms with Gasteiger partial charge in [-0.25, -0.2) is 0 Å². The molecule has 0 saturated heterocycles. The molecule has 0 spiro atoms. The number of nitrogens with zero attached hydrogens (tertiary/aromatic N) is 1. The first-order chi connectivity index (χ1) is 13.4. The number of unbranched alkanes of at least 4 members (excludes halogenated alkanes) is 2. The smallest absolute Gasteiger partial charge is 0.236 e. The number of carbonyl (C=O) groups excluding carboxylic acids is 2. The second-order valence-electron chi connectivity index (χ2n) is 7.37. The van der Waals surface area contributed by atoms with Crippen molar-refractivity contribution in [2.24, 2.45) is 22.9 Å². The topological polar surface area (TPSA) is 166 Å². The standard InChI is InChI=1S/C19H43N7O2/c1-26(14-6-12-24-18(27)16(22)8-2-4-10-20)15-7-13-25-19(28)17(23)9-3-5-11-21/h16-17H,2-15,20-23H2,1H3,(H,24,27)(H,25,28)/t16-,17-/m0/s1. The van der Waals surface area contributed by atoms with Crippen molar-refractivity contribution in [3.05, 3.63) is 0 Å². The van der Waals surface area contributed by atoms with E-state index in [1.165, 1.54) is 0 Å². The monoisotopic (exact) mass is 401 g/mol. The van der Waals surface area contributed by atoms with Crippen molar-refractivity contribution in [3.63, 3.8) is 0 Å². The third-order valence-corrected chi connectivity index (χ3v) is 4.64. The van der Waals surface area contributed by atoms with Gasteiger partial charge in [0.2, 0.25) is 11.8 Å². The summed E-state index contributed by atoms with van der Waals surface area (Å²) >= 11 is 0. The van der Waals surface area contributed by atoms with Gasteiger partial charge in [-0.15, -0.1) is 0 Å². The average Bonchev–Trinajstić information content (AvgIpc) is 2.68. The Morgan fingerprint density at radius 1 is 0.750 bits per heavy atom. The molecule has 0 unspecified atom stereocenters. The first-order valence-electron chi connectivity index (χ1n) is 10.6. The molecule has 0 aromatic rings. The number of rotatable bonds is 18. The molecule has 0 radical (unpaired) electrons. The van der Waals surface area contributed by atoms with E-state index >= 15 is 0 Å². The number of carbonyl (C=O) groups is 2. The van der Waals surface area contributed by atoms with Gasteiger partial charge in [0.15, 0.2) is 0 Å². The van der Waals surface area contributed by atoms with Crippen LogP contribution < -0.4 is 33.6 Å². The summed E-state index contributed by atoms with van der Waals surface area (Å²) in [6.07, 6.45) is 6.60. The van der Waals surface area contributed by atoms with Crippen molar-refractivity contribution in [3.8, 4) is 0 Å². The van der Waals surface area contributed by atoms with Crippen LogP contribution in [0.1, 0.15) is 51.4 Å². The fourth-order valence-corrected chi connectivity index (χ4v) is 2.77. The van der Waals surface area contributed by atoms with Crippen LogP contribution in [0.4, 0.5) is 0 Å². The largest absolute Gasteiger partial charge is 0.355 e. The summed E-state index contributed by atoms with van der Waals surface area (Å²) in [5, 5.41) is 5.76. The highest BCUT2D eigenvalue weighted by Crippen LogP contribution is 1.99. The van der Waals surface area contributed by atoms with E-state index in [1.807, 2.05) is 7.05 Å². The van der Waals surface area contributed by atoms with Crippen LogP contribution in [0.2, 0.25) is 0 Å². The van der Waals surface area contributed by atoms with E-state index < -0.39 is 12.1 Å². The van der Waals surface area contributed by atoms with Gasteiger partial charge in [-0.2, -0.15) is 0 Å². The third-order valence-electron chi connectivity index (χ3n) is 4.64. The molecule has 0 aromatic heterocycles. The van der Waals surface area contributed by atoms with Crippen LogP contribution >= 0.6 is 0 Å². The summed E-state index contributed by atoms with van der Waals surface area (Å²) < 4.78 is 0. The Morgan fingerprint density at radius 3 is 1.50 bits per heavy atom. The Hall–Kier alpha value is -1.26. The van der Waals surface area contributed by atoms with Gasteiger partial charge in [-0.05, 0) is 71.8 Å². The van der Waals surface area contributed by atoms with Gasteiger partial charge >= 0.3 is 0 Å². The van der Waals surface area contributed by atoms with E-state index in [9.17, 15) is 9.59 Å². The van der Waals surface area contributed by atoms with Crippen LogP contribution in [0.3, 0.4) is 0 Å². The molecule has 9 heteroatoms. The van der Waals surface area contributed by atoms with Crippen molar-refractivity contribution in [2.75, 3.05) is 46.3 Å². The molecule has 0 aliphatic rings. The van der Waals surface area contributed by atoms with Crippen LogP contribution in [0.15, 0.2) is 0 Å². The maximum atomic E-state index is 11.9.